The average Bonchev–Trinajstić information content (AvgIpc) is 2.88. The summed E-state index contributed by atoms with van der Waals surface area (Å²) in [5, 5.41) is 9.69. The largest absolute Gasteiger partial charge is 0.395 e. The van der Waals surface area contributed by atoms with Gasteiger partial charge in [-0.05, 0) is 24.1 Å². The summed E-state index contributed by atoms with van der Waals surface area (Å²) >= 11 is 5.98. The first-order valence-corrected chi connectivity index (χ1v) is 9.39. The van der Waals surface area contributed by atoms with Crippen LogP contribution in [0.3, 0.4) is 0 Å². The first kappa shape index (κ1) is 18.9. The molecule has 1 N–H and O–H groups in total. The second kappa shape index (κ2) is 8.20. The topological polar surface area (TPSA) is 64.1 Å². The predicted molar refractivity (Wildman–Crippen MR) is 100 cm³/mol. The van der Waals surface area contributed by atoms with Crippen molar-refractivity contribution in [2.75, 3.05) is 45.9 Å². The quantitative estimate of drug-likeness (QED) is 0.760. The van der Waals surface area contributed by atoms with E-state index in [9.17, 15) is 9.59 Å². The molecule has 1 aromatic rings. The molecule has 2 aliphatic rings. The molecule has 0 spiro atoms. The van der Waals surface area contributed by atoms with Crippen LogP contribution in [-0.4, -0.2) is 77.5 Å². The molecule has 1 aromatic carbocycles. The highest BCUT2D eigenvalue weighted by molar-refractivity contribution is 6.36. The van der Waals surface area contributed by atoms with Crippen LogP contribution >= 0.6 is 11.6 Å². The molecule has 2 amide bonds. The number of hydrogen-bond donors (Lipinski definition) is 1. The molecule has 6 nitrogen and oxygen atoms in total. The molecule has 0 aromatic heterocycles. The lowest BCUT2D eigenvalue weighted by Gasteiger charge is -2.36. The Hall–Kier alpha value is -1.89. The molecule has 7 heteroatoms. The number of aliphatic hydroxyl groups excluding tert-OH is 1. The Bertz CT molecular complexity index is 709. The van der Waals surface area contributed by atoms with Crippen LogP contribution in [0.15, 0.2) is 30.0 Å². The molecule has 2 heterocycles. The number of imide groups is 1. The Labute approximate surface area is 158 Å². The monoisotopic (exact) mass is 377 g/mol. The second-order valence-electron chi connectivity index (χ2n) is 6.54. The first-order valence-electron chi connectivity index (χ1n) is 9.01. The van der Waals surface area contributed by atoms with E-state index in [4.69, 9.17) is 16.7 Å². The van der Waals surface area contributed by atoms with Gasteiger partial charge in [-0.15, -0.1) is 0 Å². The molecule has 26 heavy (non-hydrogen) atoms. The number of benzene rings is 1. The summed E-state index contributed by atoms with van der Waals surface area (Å²) in [5.74, 6) is -0.440. The van der Waals surface area contributed by atoms with Crippen molar-refractivity contribution >= 4 is 29.0 Å². The summed E-state index contributed by atoms with van der Waals surface area (Å²) < 4.78 is 0. The predicted octanol–water partition coefficient (Wildman–Crippen LogP) is 1.44. The van der Waals surface area contributed by atoms with Gasteiger partial charge in [-0.25, -0.2) is 0 Å². The van der Waals surface area contributed by atoms with E-state index in [-0.39, 0.29) is 18.4 Å². The van der Waals surface area contributed by atoms with Gasteiger partial charge in [-0.1, -0.05) is 30.7 Å². The summed E-state index contributed by atoms with van der Waals surface area (Å²) in [6, 6.07) is 7.06. The molecular formula is C19H24ClN3O3. The van der Waals surface area contributed by atoms with Crippen molar-refractivity contribution in [3.63, 3.8) is 0 Å². The third-order valence-corrected chi connectivity index (χ3v) is 5.08. The zero-order valence-electron chi connectivity index (χ0n) is 14.9. The number of amides is 2. The summed E-state index contributed by atoms with van der Waals surface area (Å²) in [5.41, 5.74) is 1.68. The Balaban J connectivity index is 1.94. The van der Waals surface area contributed by atoms with Crippen molar-refractivity contribution in [1.29, 1.82) is 0 Å². The number of hydrogen-bond acceptors (Lipinski definition) is 5. The van der Waals surface area contributed by atoms with Crippen LogP contribution in [0.25, 0.3) is 5.57 Å². The van der Waals surface area contributed by atoms with Gasteiger partial charge in [0.05, 0.1) is 12.2 Å². The summed E-state index contributed by atoms with van der Waals surface area (Å²) in [6.07, 6.45) is 0.725. The zero-order chi connectivity index (χ0) is 18.7. The number of halogens is 1. The van der Waals surface area contributed by atoms with Gasteiger partial charge in [0.15, 0.2) is 0 Å². The molecule has 0 atom stereocenters. The van der Waals surface area contributed by atoms with Crippen LogP contribution in [0.4, 0.5) is 0 Å². The van der Waals surface area contributed by atoms with Crippen molar-refractivity contribution in [1.82, 2.24) is 14.7 Å². The Morgan fingerprint density at radius 2 is 1.65 bits per heavy atom. The van der Waals surface area contributed by atoms with Gasteiger partial charge in [0, 0.05) is 44.3 Å². The Morgan fingerprint density at radius 1 is 1.00 bits per heavy atom. The summed E-state index contributed by atoms with van der Waals surface area (Å²) in [6.45, 7) is 5.96. The highest BCUT2D eigenvalue weighted by Gasteiger charge is 2.41. The minimum atomic E-state index is -0.230. The minimum Gasteiger partial charge on any atom is -0.395 e. The van der Waals surface area contributed by atoms with Gasteiger partial charge in [0.25, 0.3) is 11.8 Å². The molecular weight excluding hydrogens is 354 g/mol. The smallest absolute Gasteiger partial charge is 0.277 e. The number of rotatable bonds is 6. The number of β-amino-alcohol motifs (C(OH)–C–C–N with tert-alkyl or cyclic N) is 1. The van der Waals surface area contributed by atoms with E-state index in [0.717, 1.165) is 25.1 Å². The van der Waals surface area contributed by atoms with E-state index in [0.29, 0.717) is 42.5 Å². The third-order valence-electron chi connectivity index (χ3n) is 4.83. The molecule has 2 aliphatic heterocycles. The number of carbonyl (C=O) groups is 2. The van der Waals surface area contributed by atoms with Crippen LogP contribution in [0.5, 0.6) is 0 Å². The number of piperazine rings is 1. The normalized spacial score (nSPS) is 19.0. The van der Waals surface area contributed by atoms with E-state index >= 15 is 0 Å². The van der Waals surface area contributed by atoms with Gasteiger partial charge in [0.1, 0.15) is 5.70 Å². The van der Waals surface area contributed by atoms with Crippen molar-refractivity contribution in [2.24, 2.45) is 0 Å². The number of nitrogens with zero attached hydrogens (tertiary/aromatic N) is 3. The molecule has 0 radical (unpaired) electrons. The van der Waals surface area contributed by atoms with Gasteiger partial charge >= 0.3 is 0 Å². The molecule has 1 saturated heterocycles. The minimum absolute atomic E-state index is 0.125. The Morgan fingerprint density at radius 3 is 2.23 bits per heavy atom. The summed E-state index contributed by atoms with van der Waals surface area (Å²) in [4.78, 5) is 31.5. The second-order valence-corrected chi connectivity index (χ2v) is 6.98. The fraction of sp³-hybridized carbons (Fsp3) is 0.474. The van der Waals surface area contributed by atoms with Crippen molar-refractivity contribution < 1.29 is 14.7 Å². The van der Waals surface area contributed by atoms with Gasteiger partial charge in [0.2, 0.25) is 0 Å². The van der Waals surface area contributed by atoms with Crippen LogP contribution in [0.1, 0.15) is 18.9 Å². The maximum absolute atomic E-state index is 13.0. The molecule has 0 unspecified atom stereocenters. The maximum atomic E-state index is 13.0. The highest BCUT2D eigenvalue weighted by atomic mass is 35.5. The van der Waals surface area contributed by atoms with E-state index in [1.165, 1.54) is 4.90 Å². The fourth-order valence-electron chi connectivity index (χ4n) is 3.50. The fourth-order valence-corrected chi connectivity index (χ4v) is 3.62. The van der Waals surface area contributed by atoms with Crippen molar-refractivity contribution in [3.05, 3.63) is 40.5 Å². The Kier molecular flexibility index (Phi) is 5.96. The van der Waals surface area contributed by atoms with Crippen LogP contribution < -0.4 is 0 Å². The molecule has 140 valence electrons. The van der Waals surface area contributed by atoms with E-state index < -0.39 is 0 Å². The van der Waals surface area contributed by atoms with E-state index in [1.807, 2.05) is 11.8 Å². The van der Waals surface area contributed by atoms with Crippen LogP contribution in [0.2, 0.25) is 5.02 Å². The first-order chi connectivity index (χ1) is 12.6. The molecule has 0 saturated carbocycles. The lowest BCUT2D eigenvalue weighted by atomic mass is 10.0. The molecule has 1 fully saturated rings. The molecule has 0 aliphatic carbocycles. The zero-order valence-corrected chi connectivity index (χ0v) is 15.7. The van der Waals surface area contributed by atoms with Crippen molar-refractivity contribution in [3.8, 4) is 0 Å². The number of carbonyl (C=O) groups excluding carboxylic acids is 2. The highest BCUT2D eigenvalue weighted by Crippen LogP contribution is 2.32. The van der Waals surface area contributed by atoms with Gasteiger partial charge in [-0.2, -0.15) is 0 Å². The average molecular weight is 378 g/mol. The standard InChI is InChI=1S/C19H24ClN3O3/c1-2-7-23-18(25)16(14-3-5-15(20)6-4-14)17(19(23)26)22-10-8-21(9-11-22)12-13-24/h3-6,24H,2,7-13H2,1H3. The van der Waals surface area contributed by atoms with Crippen LogP contribution in [-0.2, 0) is 9.59 Å². The van der Waals surface area contributed by atoms with E-state index in [1.54, 1.807) is 24.3 Å². The van der Waals surface area contributed by atoms with Gasteiger partial charge < -0.3 is 10.0 Å². The van der Waals surface area contributed by atoms with E-state index in [2.05, 4.69) is 4.90 Å². The lowest BCUT2D eigenvalue weighted by Crippen LogP contribution is -2.48. The molecule has 0 bridgehead atoms. The van der Waals surface area contributed by atoms with Crippen molar-refractivity contribution in [2.45, 2.75) is 13.3 Å². The van der Waals surface area contributed by atoms with Crippen LogP contribution in [0, 0.1) is 0 Å². The lowest BCUT2D eigenvalue weighted by molar-refractivity contribution is -0.137. The number of aliphatic hydroxyl groups is 1. The summed E-state index contributed by atoms with van der Waals surface area (Å²) in [7, 11) is 0. The SMILES string of the molecule is CCCN1C(=O)C(c2ccc(Cl)cc2)=C(N2CCN(CCO)CC2)C1=O. The maximum Gasteiger partial charge on any atom is 0.277 e. The molecule has 3 rings (SSSR count). The third kappa shape index (κ3) is 3.63. The van der Waals surface area contributed by atoms with Gasteiger partial charge in [-0.3, -0.25) is 19.4 Å².